The first-order valence-corrected chi connectivity index (χ1v) is 13.1. The van der Waals surface area contributed by atoms with Crippen molar-refractivity contribution in [3.05, 3.63) is 73.1 Å². The molecule has 0 spiro atoms. The number of nitrogens with zero attached hydrogens (tertiary/aromatic N) is 2. The molecule has 2 aromatic carbocycles. The number of fused-ring (bicyclic) bond motifs is 2. The smallest absolute Gasteiger partial charge is 0.0722 e. The van der Waals surface area contributed by atoms with Crippen LogP contribution in [0.2, 0.25) is 0 Å². The molecule has 4 rings (SSSR count). The van der Waals surface area contributed by atoms with E-state index in [1.165, 1.54) is 86.4 Å². The normalized spacial score (nSPS) is 10.6. The maximum absolute atomic E-state index is 4.43. The lowest BCUT2D eigenvalue weighted by molar-refractivity contribution is 0.557. The Bertz CT molecular complexity index is 1050. The second kappa shape index (κ2) is 17.0. The molecule has 0 aliphatic heterocycles. The molecule has 2 heterocycles. The zero-order valence-electron chi connectivity index (χ0n) is 21.1. The van der Waals surface area contributed by atoms with E-state index in [2.05, 4.69) is 69.1 Å². The lowest BCUT2D eigenvalue weighted by Gasteiger charge is -2.09. The summed E-state index contributed by atoms with van der Waals surface area (Å²) in [5.41, 5.74) is 4.53. The first-order valence-electron chi connectivity index (χ1n) is 13.1. The average Bonchev–Trinajstić information content (AvgIpc) is 2.89. The quantitative estimate of drug-likeness (QED) is 0.151. The zero-order valence-corrected chi connectivity index (χ0v) is 22.8. The Balaban J connectivity index is 0.00000228. The van der Waals surface area contributed by atoms with E-state index in [0.717, 1.165) is 24.1 Å². The number of hydrogen-bond acceptors (Lipinski definition) is 4. The molecule has 2 aromatic heterocycles. The number of anilines is 2. The van der Waals surface area contributed by atoms with Gasteiger partial charge in [-0.15, -0.1) is 24.8 Å². The molecule has 194 valence electrons. The van der Waals surface area contributed by atoms with E-state index in [0.29, 0.717) is 0 Å². The van der Waals surface area contributed by atoms with Crippen LogP contribution in [0.25, 0.3) is 21.8 Å². The van der Waals surface area contributed by atoms with Crippen LogP contribution in [0, 0.1) is 0 Å². The van der Waals surface area contributed by atoms with E-state index >= 15 is 0 Å². The molecule has 0 unspecified atom stereocenters. The molecule has 2 N–H and O–H groups in total. The fourth-order valence-corrected chi connectivity index (χ4v) is 4.61. The number of unbranched alkanes of at least 4 members (excludes halogenated alkanes) is 9. The minimum Gasteiger partial charge on any atom is -0.384 e. The minimum atomic E-state index is 0. The summed E-state index contributed by atoms with van der Waals surface area (Å²) < 4.78 is 0. The van der Waals surface area contributed by atoms with Crippen LogP contribution in [0.5, 0.6) is 0 Å². The average molecular weight is 528 g/mol. The molecular weight excluding hydrogens is 487 g/mol. The largest absolute Gasteiger partial charge is 0.384 e. The van der Waals surface area contributed by atoms with Crippen LogP contribution >= 0.6 is 24.8 Å². The third-order valence-corrected chi connectivity index (χ3v) is 6.53. The standard InChI is InChI=1S/C30H38N4.2ClH/c1(3-5-7-13-21-31-29-19-23-33-27-17-11-9-15-25(27)29)2-4-6-8-14-22-32-30-20-24-34-28-18-12-10-16-26(28)30;;/h9-12,15-20,23-24H,1-8,13-14,21-22H2,(H,31,33)(H,32,34);2*1H. The van der Waals surface area contributed by atoms with E-state index in [1.807, 2.05) is 24.5 Å². The number of nitrogens with one attached hydrogen (secondary N) is 2. The molecule has 0 saturated carbocycles. The van der Waals surface area contributed by atoms with Crippen molar-refractivity contribution in [2.75, 3.05) is 23.7 Å². The summed E-state index contributed by atoms with van der Waals surface area (Å²) in [6.45, 7) is 2.08. The minimum absolute atomic E-state index is 0. The fourth-order valence-electron chi connectivity index (χ4n) is 4.61. The fraction of sp³-hybridized carbons (Fsp3) is 0.400. The van der Waals surface area contributed by atoms with Gasteiger partial charge in [0.2, 0.25) is 0 Å². The Kier molecular flexibility index (Phi) is 14.0. The summed E-state index contributed by atoms with van der Waals surface area (Å²) >= 11 is 0. The van der Waals surface area contributed by atoms with Crippen molar-refractivity contribution in [2.24, 2.45) is 0 Å². The highest BCUT2D eigenvalue weighted by atomic mass is 35.5. The van der Waals surface area contributed by atoms with Crippen LogP contribution in [-0.2, 0) is 0 Å². The van der Waals surface area contributed by atoms with Gasteiger partial charge in [-0.05, 0) is 37.1 Å². The monoisotopic (exact) mass is 526 g/mol. The van der Waals surface area contributed by atoms with E-state index < -0.39 is 0 Å². The van der Waals surface area contributed by atoms with Crippen molar-refractivity contribution in [3.63, 3.8) is 0 Å². The second-order valence-corrected chi connectivity index (χ2v) is 9.14. The maximum atomic E-state index is 4.43. The van der Waals surface area contributed by atoms with Gasteiger partial charge < -0.3 is 10.6 Å². The van der Waals surface area contributed by atoms with Crippen molar-refractivity contribution in [2.45, 2.75) is 64.2 Å². The molecule has 0 aliphatic carbocycles. The Morgan fingerprint density at radius 2 is 0.806 bits per heavy atom. The first-order chi connectivity index (χ1) is 16.9. The Hall–Kier alpha value is -2.56. The number of benzene rings is 2. The number of halogens is 2. The number of aromatic nitrogens is 2. The second-order valence-electron chi connectivity index (χ2n) is 9.14. The number of pyridine rings is 2. The summed E-state index contributed by atoms with van der Waals surface area (Å²) in [6, 6.07) is 20.8. The molecule has 4 nitrogen and oxygen atoms in total. The maximum Gasteiger partial charge on any atom is 0.0722 e. The van der Waals surface area contributed by atoms with Gasteiger partial charge in [-0.3, -0.25) is 9.97 Å². The highest BCUT2D eigenvalue weighted by Gasteiger charge is 2.01. The third-order valence-electron chi connectivity index (χ3n) is 6.53. The molecule has 0 fully saturated rings. The topological polar surface area (TPSA) is 49.8 Å². The molecule has 0 bridgehead atoms. The number of para-hydroxylation sites is 2. The molecular formula is C30H40Cl2N4. The van der Waals surface area contributed by atoms with Gasteiger partial charge in [-0.1, -0.05) is 87.8 Å². The van der Waals surface area contributed by atoms with Crippen LogP contribution in [0.3, 0.4) is 0 Å². The van der Waals surface area contributed by atoms with Crippen molar-refractivity contribution in [1.82, 2.24) is 9.97 Å². The van der Waals surface area contributed by atoms with Gasteiger partial charge in [0, 0.05) is 47.6 Å². The van der Waals surface area contributed by atoms with Gasteiger partial charge in [0.1, 0.15) is 0 Å². The van der Waals surface area contributed by atoms with Gasteiger partial charge in [0.15, 0.2) is 0 Å². The van der Waals surface area contributed by atoms with E-state index in [1.54, 1.807) is 0 Å². The molecule has 0 saturated heterocycles. The summed E-state index contributed by atoms with van der Waals surface area (Å²) in [7, 11) is 0. The van der Waals surface area contributed by atoms with Gasteiger partial charge in [0.05, 0.1) is 11.0 Å². The SMILES string of the molecule is Cl.Cl.c1ccc2c(NCCCCCCCCCCCCNc3ccnc4ccccc34)ccnc2c1. The molecule has 4 aromatic rings. The van der Waals surface area contributed by atoms with Crippen LogP contribution in [0.15, 0.2) is 73.1 Å². The third kappa shape index (κ3) is 9.15. The van der Waals surface area contributed by atoms with E-state index in [9.17, 15) is 0 Å². The summed E-state index contributed by atoms with van der Waals surface area (Å²) in [5.74, 6) is 0. The Morgan fingerprint density at radius 3 is 1.22 bits per heavy atom. The van der Waals surface area contributed by atoms with Gasteiger partial charge in [-0.2, -0.15) is 0 Å². The van der Waals surface area contributed by atoms with Crippen LogP contribution < -0.4 is 10.6 Å². The summed E-state index contributed by atoms with van der Waals surface area (Å²) in [6.07, 6.45) is 17.1. The van der Waals surface area contributed by atoms with Crippen LogP contribution in [0.1, 0.15) is 64.2 Å². The number of hydrogen-bond donors (Lipinski definition) is 2. The zero-order chi connectivity index (χ0) is 23.3. The molecule has 0 aliphatic rings. The van der Waals surface area contributed by atoms with E-state index in [-0.39, 0.29) is 24.8 Å². The van der Waals surface area contributed by atoms with Crippen molar-refractivity contribution in [1.29, 1.82) is 0 Å². The predicted molar refractivity (Wildman–Crippen MR) is 161 cm³/mol. The van der Waals surface area contributed by atoms with Crippen LogP contribution in [-0.4, -0.2) is 23.1 Å². The van der Waals surface area contributed by atoms with Crippen molar-refractivity contribution >= 4 is 58.0 Å². The molecule has 36 heavy (non-hydrogen) atoms. The number of rotatable bonds is 15. The predicted octanol–water partition coefficient (Wildman–Crippen LogP) is 9.05. The van der Waals surface area contributed by atoms with Gasteiger partial charge in [-0.25, -0.2) is 0 Å². The van der Waals surface area contributed by atoms with Crippen LogP contribution in [0.4, 0.5) is 11.4 Å². The highest BCUT2D eigenvalue weighted by Crippen LogP contribution is 2.22. The Labute approximate surface area is 228 Å². The highest BCUT2D eigenvalue weighted by molar-refractivity contribution is 5.91. The van der Waals surface area contributed by atoms with Crippen molar-refractivity contribution in [3.8, 4) is 0 Å². The Morgan fingerprint density at radius 1 is 0.444 bits per heavy atom. The molecule has 0 radical (unpaired) electrons. The lowest BCUT2D eigenvalue weighted by Crippen LogP contribution is -2.02. The molecule has 0 atom stereocenters. The van der Waals surface area contributed by atoms with E-state index in [4.69, 9.17) is 0 Å². The molecule has 6 heteroatoms. The van der Waals surface area contributed by atoms with Gasteiger partial charge in [0.25, 0.3) is 0 Å². The summed E-state index contributed by atoms with van der Waals surface area (Å²) in [4.78, 5) is 8.87. The van der Waals surface area contributed by atoms with Gasteiger partial charge >= 0.3 is 0 Å². The van der Waals surface area contributed by atoms with Crippen molar-refractivity contribution < 1.29 is 0 Å². The lowest BCUT2D eigenvalue weighted by atomic mass is 10.1. The summed E-state index contributed by atoms with van der Waals surface area (Å²) in [5, 5.41) is 9.62. The first kappa shape index (κ1) is 29.7. The molecule has 0 amide bonds.